The largest absolute Gasteiger partial charge is 0.477 e. The molecule has 0 spiro atoms. The van der Waals surface area contributed by atoms with Crippen molar-refractivity contribution in [1.82, 2.24) is 4.98 Å². The van der Waals surface area contributed by atoms with Gasteiger partial charge in [-0.15, -0.1) is 0 Å². The molecule has 1 aromatic rings. The van der Waals surface area contributed by atoms with Crippen LogP contribution in [-0.4, -0.2) is 30.6 Å². The number of nitrogens with one attached hydrogen (secondary N) is 2. The molecule has 1 aliphatic carbocycles. The van der Waals surface area contributed by atoms with E-state index >= 15 is 0 Å². The molecule has 0 aliphatic heterocycles. The summed E-state index contributed by atoms with van der Waals surface area (Å²) in [5.74, 6) is 0.0122. The zero-order valence-corrected chi connectivity index (χ0v) is 13.9. The number of carbonyl (C=O) groups is 1. The third-order valence-electron chi connectivity index (χ3n) is 3.96. The van der Waals surface area contributed by atoms with Crippen LogP contribution in [0.2, 0.25) is 5.15 Å². The maximum atomic E-state index is 11.4. The Morgan fingerprint density at radius 1 is 1.52 bits per heavy atom. The Labute approximate surface area is 140 Å². The number of hydrogen-bond donors (Lipinski definition) is 2. The number of anilines is 1. The van der Waals surface area contributed by atoms with E-state index in [4.69, 9.17) is 21.7 Å². The first-order valence-corrected chi connectivity index (χ1v) is 7.77. The lowest BCUT2D eigenvalue weighted by molar-refractivity contribution is 0.0600. The van der Waals surface area contributed by atoms with Crippen LogP contribution in [0.3, 0.4) is 0 Å². The molecule has 0 radical (unpaired) electrons. The van der Waals surface area contributed by atoms with Crippen LogP contribution in [0.1, 0.15) is 36.5 Å². The number of hydrogen-bond acceptors (Lipinski definition) is 6. The molecule has 2 N–H and O–H groups in total. The van der Waals surface area contributed by atoms with Crippen LogP contribution < -0.4 is 5.32 Å². The monoisotopic (exact) mass is 337 g/mol. The van der Waals surface area contributed by atoms with Crippen LogP contribution in [0.25, 0.3) is 0 Å². The summed E-state index contributed by atoms with van der Waals surface area (Å²) in [6, 6.07) is 3.13. The fourth-order valence-corrected chi connectivity index (χ4v) is 2.27. The lowest BCUT2D eigenvalue weighted by Crippen LogP contribution is -2.12. The Morgan fingerprint density at radius 2 is 2.26 bits per heavy atom. The molecule has 6 nitrogen and oxygen atoms in total. The fraction of sp³-hybridized carbons (Fsp3) is 0.438. The van der Waals surface area contributed by atoms with Gasteiger partial charge < -0.3 is 14.8 Å². The second-order valence-electron chi connectivity index (χ2n) is 5.51. The topological polar surface area (TPSA) is 84.3 Å². The maximum Gasteiger partial charge on any atom is 0.341 e. The average molecular weight is 338 g/mol. The predicted molar refractivity (Wildman–Crippen MR) is 89.0 cm³/mol. The van der Waals surface area contributed by atoms with Gasteiger partial charge in [0, 0.05) is 17.7 Å². The van der Waals surface area contributed by atoms with Gasteiger partial charge in [0.15, 0.2) is 0 Å². The highest BCUT2D eigenvalue weighted by Gasteiger charge is 2.41. The molecule has 23 heavy (non-hydrogen) atoms. The molecule has 0 atom stereocenters. The van der Waals surface area contributed by atoms with Gasteiger partial charge in [-0.2, -0.15) is 0 Å². The minimum absolute atomic E-state index is 0.0557. The van der Waals surface area contributed by atoms with Gasteiger partial charge in [-0.05, 0) is 31.4 Å². The number of aromatic nitrogens is 1. The highest BCUT2D eigenvalue weighted by molar-refractivity contribution is 6.32. The van der Waals surface area contributed by atoms with Crippen molar-refractivity contribution in [3.63, 3.8) is 0 Å². The van der Waals surface area contributed by atoms with E-state index in [2.05, 4.69) is 22.0 Å². The molecule has 0 aromatic carbocycles. The van der Waals surface area contributed by atoms with Gasteiger partial charge in [0.1, 0.15) is 11.0 Å². The number of methoxy groups -OCH3 is 1. The minimum Gasteiger partial charge on any atom is -0.477 e. The minimum atomic E-state index is -0.537. The maximum absolute atomic E-state index is 11.4. The van der Waals surface area contributed by atoms with Gasteiger partial charge in [-0.1, -0.05) is 18.5 Å². The van der Waals surface area contributed by atoms with E-state index in [1.807, 2.05) is 0 Å². The fourth-order valence-electron chi connectivity index (χ4n) is 2.04. The number of carbonyl (C=O) groups excluding carboxylic acids is 1. The van der Waals surface area contributed by atoms with Crippen molar-refractivity contribution in [1.29, 1.82) is 5.41 Å². The highest BCUT2D eigenvalue weighted by Crippen LogP contribution is 2.48. The summed E-state index contributed by atoms with van der Waals surface area (Å²) in [7, 11) is 1.28. The van der Waals surface area contributed by atoms with Gasteiger partial charge in [-0.25, -0.2) is 9.78 Å². The lowest BCUT2D eigenvalue weighted by atomic mass is 10.1. The van der Waals surface area contributed by atoms with Crippen LogP contribution in [0, 0.1) is 10.8 Å². The Morgan fingerprint density at radius 3 is 2.83 bits per heavy atom. The smallest absolute Gasteiger partial charge is 0.341 e. The summed E-state index contributed by atoms with van der Waals surface area (Å²) < 4.78 is 10.0. The number of ether oxygens (including phenoxy) is 2. The van der Waals surface area contributed by atoms with Crippen molar-refractivity contribution in [3.05, 3.63) is 35.1 Å². The molecule has 0 saturated heterocycles. The molecule has 124 valence electrons. The second-order valence-corrected chi connectivity index (χ2v) is 5.87. The third-order valence-corrected chi connectivity index (χ3v) is 4.25. The Hall–Kier alpha value is -2.08. The molecule has 7 heteroatoms. The van der Waals surface area contributed by atoms with Gasteiger partial charge in [0.05, 0.1) is 19.3 Å². The van der Waals surface area contributed by atoms with Crippen molar-refractivity contribution < 1.29 is 14.3 Å². The number of esters is 1. The average Bonchev–Trinajstić information content (AvgIpc) is 3.33. The number of rotatable bonds is 7. The van der Waals surface area contributed by atoms with E-state index < -0.39 is 5.97 Å². The molecular weight excluding hydrogens is 318 g/mol. The van der Waals surface area contributed by atoms with Crippen molar-refractivity contribution >= 4 is 29.3 Å². The first-order valence-electron chi connectivity index (χ1n) is 7.39. The molecule has 2 rings (SSSR count). The zero-order valence-electron chi connectivity index (χ0n) is 13.2. The van der Waals surface area contributed by atoms with E-state index in [1.54, 1.807) is 12.3 Å². The first kappa shape index (κ1) is 17.3. The molecule has 1 aliphatic rings. The van der Waals surface area contributed by atoms with Crippen LogP contribution in [0.5, 0.6) is 0 Å². The first-order chi connectivity index (χ1) is 11.0. The standard InChI is InChI=1S/C16H20ClN3O3/c1-3-16(7-8-16)10-23-12(18)6-9-19-13-5-4-11(14(17)20-13)15(21)22-2/h4-6,9,18H,3,7-8,10H2,1-2H3,(H,19,20)/b9-6-,18-12?. The second kappa shape index (κ2) is 7.46. The Kier molecular flexibility index (Phi) is 5.60. The molecule has 1 saturated carbocycles. The lowest BCUT2D eigenvalue weighted by Gasteiger charge is -2.12. The summed E-state index contributed by atoms with van der Waals surface area (Å²) in [5, 5.41) is 10.7. The van der Waals surface area contributed by atoms with E-state index in [9.17, 15) is 4.79 Å². The van der Waals surface area contributed by atoms with Crippen molar-refractivity contribution in [2.45, 2.75) is 26.2 Å². The Bertz CT molecular complexity index is 627. The van der Waals surface area contributed by atoms with Gasteiger partial charge >= 0.3 is 5.97 Å². The summed E-state index contributed by atoms with van der Waals surface area (Å²) in [5.41, 5.74) is 0.487. The van der Waals surface area contributed by atoms with Crippen LogP contribution in [0.15, 0.2) is 24.4 Å². The summed E-state index contributed by atoms with van der Waals surface area (Å²) in [6.45, 7) is 2.73. The number of nitrogens with zero attached hydrogens (tertiary/aromatic N) is 1. The number of pyridine rings is 1. The quantitative estimate of drug-likeness (QED) is 0.343. The van der Waals surface area contributed by atoms with Crippen LogP contribution in [-0.2, 0) is 9.47 Å². The van der Waals surface area contributed by atoms with Gasteiger partial charge in [-0.3, -0.25) is 5.41 Å². The van der Waals surface area contributed by atoms with Crippen molar-refractivity contribution in [2.24, 2.45) is 5.41 Å². The van der Waals surface area contributed by atoms with E-state index in [1.165, 1.54) is 32.1 Å². The molecule has 1 aromatic heterocycles. The number of halogens is 1. The summed E-state index contributed by atoms with van der Waals surface area (Å²) in [4.78, 5) is 15.4. The van der Waals surface area contributed by atoms with Crippen molar-refractivity contribution in [3.8, 4) is 0 Å². The molecule has 0 amide bonds. The van der Waals surface area contributed by atoms with Crippen LogP contribution in [0.4, 0.5) is 5.82 Å². The normalized spacial score (nSPS) is 15.3. The third kappa shape index (κ3) is 4.69. The summed E-state index contributed by atoms with van der Waals surface area (Å²) >= 11 is 5.92. The summed E-state index contributed by atoms with van der Waals surface area (Å²) in [6.07, 6.45) is 6.48. The predicted octanol–water partition coefficient (Wildman–Crippen LogP) is 3.63. The van der Waals surface area contributed by atoms with Crippen LogP contribution >= 0.6 is 11.6 Å². The Balaban J connectivity index is 1.84. The molecular formula is C16H20ClN3O3. The molecule has 1 fully saturated rings. The molecule has 0 unspecified atom stereocenters. The zero-order chi connectivity index (χ0) is 16.9. The van der Waals surface area contributed by atoms with Gasteiger partial charge in [0.25, 0.3) is 0 Å². The highest BCUT2D eigenvalue weighted by atomic mass is 35.5. The SMILES string of the molecule is CCC1(COC(=N)/C=C\Nc2ccc(C(=O)OC)c(Cl)n2)CC1. The van der Waals surface area contributed by atoms with E-state index in [0.717, 1.165) is 6.42 Å². The molecule has 1 heterocycles. The van der Waals surface area contributed by atoms with E-state index in [0.29, 0.717) is 12.4 Å². The van der Waals surface area contributed by atoms with Crippen molar-refractivity contribution in [2.75, 3.05) is 19.0 Å². The molecule has 0 bridgehead atoms. The van der Waals surface area contributed by atoms with Gasteiger partial charge in [0.2, 0.25) is 5.90 Å². The van der Waals surface area contributed by atoms with E-state index in [-0.39, 0.29) is 22.0 Å².